The van der Waals surface area contributed by atoms with Crippen molar-refractivity contribution in [2.75, 3.05) is 12.9 Å². The van der Waals surface area contributed by atoms with Crippen LogP contribution in [0, 0.1) is 5.41 Å². The Labute approximate surface area is 207 Å². The molecule has 1 aromatic carbocycles. The van der Waals surface area contributed by atoms with Crippen molar-refractivity contribution >= 4 is 77.9 Å². The van der Waals surface area contributed by atoms with E-state index in [0.717, 1.165) is 11.3 Å². The van der Waals surface area contributed by atoms with E-state index in [1.165, 1.54) is 29.5 Å². The van der Waals surface area contributed by atoms with Crippen LogP contribution in [0.4, 0.5) is 0 Å². The van der Waals surface area contributed by atoms with Crippen molar-refractivity contribution in [2.45, 2.75) is 6.92 Å². The summed E-state index contributed by atoms with van der Waals surface area (Å²) >= 11 is 8.28. The molecule has 14 heteroatoms. The van der Waals surface area contributed by atoms with Gasteiger partial charge in [0.15, 0.2) is 17.3 Å². The van der Waals surface area contributed by atoms with Gasteiger partial charge in [0.1, 0.15) is 4.88 Å². The topological polar surface area (TPSA) is 139 Å². The van der Waals surface area contributed by atoms with Gasteiger partial charge in [-0.05, 0) is 53.9 Å². The highest BCUT2D eigenvalue weighted by atomic mass is 35.5. The number of esters is 1. The maximum Gasteiger partial charge on any atom is 0.353 e. The number of benzene rings is 1. The summed E-state index contributed by atoms with van der Waals surface area (Å²) in [7, 11) is -3.64. The van der Waals surface area contributed by atoms with E-state index in [1.54, 1.807) is 24.4 Å². The number of thiophene rings is 1. The average Bonchev–Trinajstić information content (AvgIpc) is 3.43. The number of carbonyl (C=O) groups excluding carboxylic acids is 2. The second-order valence-corrected chi connectivity index (χ2v) is 11.3. The van der Waals surface area contributed by atoms with Crippen LogP contribution in [0.25, 0.3) is 6.08 Å². The molecule has 2 aliphatic heterocycles. The van der Waals surface area contributed by atoms with Crippen molar-refractivity contribution < 1.29 is 27.5 Å². The third-order valence-corrected chi connectivity index (χ3v) is 8.02. The van der Waals surface area contributed by atoms with Crippen LogP contribution in [0.5, 0.6) is 11.5 Å². The summed E-state index contributed by atoms with van der Waals surface area (Å²) in [6.45, 7) is 1.99. The minimum atomic E-state index is -3.64. The number of carbonyl (C=O) groups is 2. The Morgan fingerprint density at radius 1 is 1.35 bits per heavy atom. The van der Waals surface area contributed by atoms with Crippen molar-refractivity contribution in [3.8, 4) is 11.5 Å². The van der Waals surface area contributed by atoms with Crippen molar-refractivity contribution in [1.82, 2.24) is 5.01 Å². The molecule has 1 N–H and O–H groups in total. The van der Waals surface area contributed by atoms with Gasteiger partial charge in [-0.1, -0.05) is 17.7 Å². The number of rotatable bonds is 5. The number of halogens is 1. The van der Waals surface area contributed by atoms with Crippen LogP contribution in [0.2, 0.25) is 5.02 Å². The standard InChI is InChI=1S/C20H15ClN4O6S3/c1-3-30-13-9-10(8-12(21)15(13)31-18(27)14-5-4-6-32-14)7-11-16(22)25-19(23-17(11)26)33-20(24-25)34(2,28)29/h4-9,22H,3H2,1-2H3/b11-7-,22-16?. The molecule has 2 aromatic rings. The Hall–Kier alpha value is -3.00. The molecule has 176 valence electrons. The van der Waals surface area contributed by atoms with Crippen LogP contribution in [-0.4, -0.2) is 53.5 Å². The van der Waals surface area contributed by atoms with E-state index in [2.05, 4.69) is 10.1 Å². The number of ether oxygens (including phenoxy) is 2. The number of hydrazone groups is 1. The van der Waals surface area contributed by atoms with Crippen LogP contribution < -0.4 is 9.47 Å². The monoisotopic (exact) mass is 538 g/mol. The van der Waals surface area contributed by atoms with Crippen LogP contribution in [-0.2, 0) is 14.6 Å². The van der Waals surface area contributed by atoms with Crippen molar-refractivity contribution in [1.29, 1.82) is 5.41 Å². The molecule has 0 saturated heterocycles. The minimum Gasteiger partial charge on any atom is -0.490 e. The molecular formula is C20H15ClN4O6S3. The summed E-state index contributed by atoms with van der Waals surface area (Å²) in [6.07, 6.45) is 2.33. The van der Waals surface area contributed by atoms with Crippen LogP contribution in [0.3, 0.4) is 0 Å². The molecule has 0 aliphatic carbocycles. The summed E-state index contributed by atoms with van der Waals surface area (Å²) in [5.41, 5.74) is 0.236. The minimum absolute atomic E-state index is 0.0172. The molecule has 1 amide bonds. The maximum absolute atomic E-state index is 12.6. The quantitative estimate of drug-likeness (QED) is 0.346. The number of nitrogens with one attached hydrogen (secondary N) is 1. The summed E-state index contributed by atoms with van der Waals surface area (Å²) in [5.74, 6) is -1.49. The number of amidine groups is 2. The Kier molecular flexibility index (Phi) is 6.62. The van der Waals surface area contributed by atoms with E-state index in [0.29, 0.717) is 22.2 Å². The first kappa shape index (κ1) is 24.1. The lowest BCUT2D eigenvalue weighted by Crippen LogP contribution is -2.35. The lowest BCUT2D eigenvalue weighted by atomic mass is 10.1. The number of fused-ring (bicyclic) bond motifs is 1. The Morgan fingerprint density at radius 2 is 2.12 bits per heavy atom. The number of aliphatic imine (C=N–C) groups is 1. The van der Waals surface area contributed by atoms with Gasteiger partial charge in [-0.25, -0.2) is 13.2 Å². The van der Waals surface area contributed by atoms with Gasteiger partial charge in [0.25, 0.3) is 5.91 Å². The Morgan fingerprint density at radius 3 is 2.76 bits per heavy atom. The van der Waals surface area contributed by atoms with Crippen molar-refractivity contribution in [3.05, 3.63) is 50.7 Å². The second-order valence-electron chi connectivity index (χ2n) is 6.79. The number of hydrogen-bond donors (Lipinski definition) is 1. The lowest BCUT2D eigenvalue weighted by Gasteiger charge is -2.20. The number of thioether (sulfide) groups is 1. The van der Waals surface area contributed by atoms with E-state index in [9.17, 15) is 18.0 Å². The molecule has 3 heterocycles. The van der Waals surface area contributed by atoms with Crippen LogP contribution in [0.1, 0.15) is 22.2 Å². The molecule has 0 fully saturated rings. The fourth-order valence-electron chi connectivity index (χ4n) is 2.86. The largest absolute Gasteiger partial charge is 0.490 e. The van der Waals surface area contributed by atoms with Gasteiger partial charge in [0.2, 0.25) is 19.4 Å². The van der Waals surface area contributed by atoms with Gasteiger partial charge in [0, 0.05) is 6.26 Å². The molecule has 0 saturated carbocycles. The molecule has 0 radical (unpaired) electrons. The smallest absolute Gasteiger partial charge is 0.353 e. The van der Waals surface area contributed by atoms with Crippen LogP contribution in [0.15, 0.2) is 45.3 Å². The molecule has 1 aromatic heterocycles. The van der Waals surface area contributed by atoms with E-state index in [1.807, 2.05) is 0 Å². The van der Waals surface area contributed by atoms with E-state index in [-0.39, 0.29) is 44.1 Å². The summed E-state index contributed by atoms with van der Waals surface area (Å²) in [5, 5.41) is 15.0. The molecular weight excluding hydrogens is 524 g/mol. The lowest BCUT2D eigenvalue weighted by molar-refractivity contribution is -0.114. The molecule has 34 heavy (non-hydrogen) atoms. The van der Waals surface area contributed by atoms with E-state index >= 15 is 0 Å². The zero-order valence-corrected chi connectivity index (χ0v) is 20.8. The molecule has 0 unspecified atom stereocenters. The first-order valence-electron chi connectivity index (χ1n) is 9.50. The Bertz CT molecular complexity index is 1410. The first-order chi connectivity index (χ1) is 16.1. The molecule has 2 aliphatic rings. The zero-order chi connectivity index (χ0) is 24.6. The molecule has 0 bridgehead atoms. The van der Waals surface area contributed by atoms with Gasteiger partial charge >= 0.3 is 5.97 Å². The number of nitrogens with zero attached hydrogens (tertiary/aromatic N) is 3. The predicted octanol–water partition coefficient (Wildman–Crippen LogP) is 3.64. The zero-order valence-electron chi connectivity index (χ0n) is 17.6. The van der Waals surface area contributed by atoms with Crippen molar-refractivity contribution in [2.24, 2.45) is 10.1 Å². The van der Waals surface area contributed by atoms with Gasteiger partial charge < -0.3 is 9.47 Å². The number of amides is 1. The number of sulfone groups is 1. The van der Waals surface area contributed by atoms with Crippen molar-refractivity contribution in [3.63, 3.8) is 0 Å². The van der Waals surface area contributed by atoms with Gasteiger partial charge in [-0.15, -0.1) is 16.4 Å². The average molecular weight is 539 g/mol. The fraction of sp³-hybridized carbons (Fsp3) is 0.150. The van der Waals surface area contributed by atoms with Crippen LogP contribution >= 0.6 is 34.7 Å². The van der Waals surface area contributed by atoms with E-state index in [4.69, 9.17) is 26.5 Å². The highest BCUT2D eigenvalue weighted by Crippen LogP contribution is 2.38. The highest BCUT2D eigenvalue weighted by Gasteiger charge is 2.38. The number of hydrogen-bond acceptors (Lipinski definition) is 10. The van der Waals surface area contributed by atoms with Gasteiger partial charge in [-0.2, -0.15) is 10.0 Å². The second kappa shape index (κ2) is 9.33. The molecule has 0 spiro atoms. The maximum atomic E-state index is 12.6. The predicted molar refractivity (Wildman–Crippen MR) is 132 cm³/mol. The van der Waals surface area contributed by atoms with Gasteiger partial charge in [-0.3, -0.25) is 10.2 Å². The normalized spacial score (nSPS) is 16.9. The SMILES string of the molecule is CCOc1cc(/C=C2/C(=N)N3N=C(S(C)(=O)=O)SC3=NC2=O)cc(Cl)c1OC(=O)c1cccs1. The molecule has 10 nitrogen and oxygen atoms in total. The summed E-state index contributed by atoms with van der Waals surface area (Å²) in [6, 6.07) is 6.28. The summed E-state index contributed by atoms with van der Waals surface area (Å²) in [4.78, 5) is 29.2. The third-order valence-electron chi connectivity index (χ3n) is 4.31. The third kappa shape index (κ3) is 4.78. The Balaban J connectivity index is 1.69. The fourth-order valence-corrected chi connectivity index (χ4v) is 5.40. The molecule has 0 atom stereocenters. The van der Waals surface area contributed by atoms with E-state index < -0.39 is 21.7 Å². The molecule has 4 rings (SSSR count). The van der Waals surface area contributed by atoms with Gasteiger partial charge in [0.05, 0.1) is 17.2 Å². The first-order valence-corrected chi connectivity index (χ1v) is 13.5. The summed E-state index contributed by atoms with van der Waals surface area (Å²) < 4.78 is 34.3. The highest BCUT2D eigenvalue weighted by molar-refractivity contribution is 8.42.